The summed E-state index contributed by atoms with van der Waals surface area (Å²) in [7, 11) is 0. The van der Waals surface area contributed by atoms with Crippen LogP contribution in [-0.2, 0) is 9.59 Å². The molecule has 1 aromatic carbocycles. The number of phenolic OH excluding ortho intramolecular Hbond substituents is 1. The Labute approximate surface area is 103 Å². The van der Waals surface area contributed by atoms with Gasteiger partial charge in [0, 0.05) is 23.9 Å². The fraction of sp³-hybridized carbons (Fsp3) is 0.0833. The van der Waals surface area contributed by atoms with Crippen LogP contribution in [0.4, 0.5) is 0 Å². The fourth-order valence-electron chi connectivity index (χ4n) is 1.08. The lowest BCUT2D eigenvalue weighted by molar-refractivity contribution is -0.135. The first kappa shape index (κ1) is 13.4. The molecule has 0 aliphatic heterocycles. The van der Waals surface area contributed by atoms with Gasteiger partial charge in [0.25, 0.3) is 0 Å². The highest BCUT2D eigenvalue weighted by Crippen LogP contribution is 2.22. The molecule has 0 spiro atoms. The zero-order valence-electron chi connectivity index (χ0n) is 9.37. The Bertz CT molecular complexity index is 507. The first-order chi connectivity index (χ1) is 8.52. The summed E-state index contributed by atoms with van der Waals surface area (Å²) >= 11 is 0. The number of carbonyl (C=O) groups is 2. The fourth-order valence-corrected chi connectivity index (χ4v) is 1.08. The average Bonchev–Trinajstić information content (AvgIpc) is 2.31. The quantitative estimate of drug-likeness (QED) is 0.351. The van der Waals surface area contributed by atoms with Crippen LogP contribution in [0.25, 0.3) is 0 Å². The van der Waals surface area contributed by atoms with E-state index in [9.17, 15) is 14.7 Å². The van der Waals surface area contributed by atoms with Crippen LogP contribution in [0.2, 0.25) is 0 Å². The van der Waals surface area contributed by atoms with Crippen LogP contribution in [0.5, 0.6) is 11.5 Å². The van der Waals surface area contributed by atoms with E-state index >= 15 is 0 Å². The van der Waals surface area contributed by atoms with Crippen molar-refractivity contribution in [3.8, 4) is 11.5 Å². The predicted octanol–water partition coefficient (Wildman–Crippen LogP) is 0.987. The minimum atomic E-state index is -1.07. The van der Waals surface area contributed by atoms with Gasteiger partial charge in [-0.1, -0.05) is 6.58 Å². The van der Waals surface area contributed by atoms with Crippen molar-refractivity contribution in [2.45, 2.75) is 0 Å². The van der Waals surface area contributed by atoms with Gasteiger partial charge in [0.15, 0.2) is 0 Å². The van der Waals surface area contributed by atoms with Crippen LogP contribution >= 0.6 is 0 Å². The minimum Gasteiger partial charge on any atom is -0.507 e. The molecule has 0 aromatic heterocycles. The van der Waals surface area contributed by atoms with Crippen molar-refractivity contribution < 1.29 is 24.5 Å². The van der Waals surface area contributed by atoms with E-state index in [0.29, 0.717) is 5.56 Å². The maximum absolute atomic E-state index is 10.9. The maximum atomic E-state index is 10.9. The molecule has 0 fully saturated rings. The summed E-state index contributed by atoms with van der Waals surface area (Å²) in [4.78, 5) is 24.8. The Morgan fingerprint density at radius 3 is 2.72 bits per heavy atom. The van der Waals surface area contributed by atoms with E-state index < -0.39 is 11.9 Å². The molecular formula is C12H11NO5. The second kappa shape index (κ2) is 6.19. The van der Waals surface area contributed by atoms with Gasteiger partial charge in [0.2, 0.25) is 0 Å². The molecule has 0 atom stereocenters. The molecule has 6 heteroatoms. The number of benzene rings is 1. The van der Waals surface area contributed by atoms with Gasteiger partial charge in [-0.3, -0.25) is 9.79 Å². The van der Waals surface area contributed by atoms with Crippen molar-refractivity contribution in [1.29, 1.82) is 0 Å². The second-order valence-electron chi connectivity index (χ2n) is 3.21. The van der Waals surface area contributed by atoms with Crippen LogP contribution in [0.15, 0.2) is 35.8 Å². The normalized spacial score (nSPS) is 10.2. The highest BCUT2D eigenvalue weighted by Gasteiger charge is 2.04. The van der Waals surface area contributed by atoms with Gasteiger partial charge in [0.05, 0.1) is 0 Å². The van der Waals surface area contributed by atoms with E-state index in [-0.39, 0.29) is 18.0 Å². The first-order valence-corrected chi connectivity index (χ1v) is 4.92. The molecule has 94 valence electrons. The minimum absolute atomic E-state index is 0.160. The molecule has 1 rings (SSSR count). The van der Waals surface area contributed by atoms with Gasteiger partial charge in [-0.05, 0) is 12.1 Å². The van der Waals surface area contributed by atoms with E-state index in [1.54, 1.807) is 0 Å². The largest absolute Gasteiger partial charge is 0.507 e. The van der Waals surface area contributed by atoms with Crippen molar-refractivity contribution in [1.82, 2.24) is 0 Å². The van der Waals surface area contributed by atoms with Gasteiger partial charge >= 0.3 is 11.9 Å². The molecule has 0 aliphatic rings. The van der Waals surface area contributed by atoms with Crippen LogP contribution in [0.3, 0.4) is 0 Å². The zero-order chi connectivity index (χ0) is 13.5. The molecule has 0 amide bonds. The average molecular weight is 249 g/mol. The molecule has 0 radical (unpaired) electrons. The summed E-state index contributed by atoms with van der Waals surface area (Å²) < 4.78 is 4.79. The molecule has 1 aromatic rings. The highest BCUT2D eigenvalue weighted by molar-refractivity contribution is 5.86. The van der Waals surface area contributed by atoms with Crippen molar-refractivity contribution in [3.63, 3.8) is 0 Å². The summed E-state index contributed by atoms with van der Waals surface area (Å²) in [6.07, 6.45) is 2.22. The molecule has 0 unspecified atom stereocenters. The third-order valence-corrected chi connectivity index (χ3v) is 1.84. The van der Waals surface area contributed by atoms with Gasteiger partial charge in [-0.25, -0.2) is 4.79 Å². The number of esters is 1. The van der Waals surface area contributed by atoms with Crippen molar-refractivity contribution in [3.05, 3.63) is 36.4 Å². The lowest BCUT2D eigenvalue weighted by Crippen LogP contribution is -2.03. The molecule has 0 aliphatic carbocycles. The molecule has 2 N–H and O–H groups in total. The number of hydrogen-bond donors (Lipinski definition) is 2. The van der Waals surface area contributed by atoms with Gasteiger partial charge < -0.3 is 14.9 Å². The standard InChI is InChI=1S/C12H11NO5/c1-2-12(17)18-9-4-3-8(10(14)5-9)6-13-7-11(15)16/h2-6,14H,1,7H2,(H,15,16). The molecular weight excluding hydrogens is 238 g/mol. The topological polar surface area (TPSA) is 96.2 Å². The van der Waals surface area contributed by atoms with Crippen molar-refractivity contribution in [2.75, 3.05) is 6.54 Å². The van der Waals surface area contributed by atoms with E-state index in [1.165, 1.54) is 24.4 Å². The van der Waals surface area contributed by atoms with Crippen LogP contribution in [0, 0.1) is 0 Å². The molecule has 18 heavy (non-hydrogen) atoms. The number of carboxylic acids is 1. The Morgan fingerprint density at radius 1 is 1.44 bits per heavy atom. The van der Waals surface area contributed by atoms with E-state index in [1.807, 2.05) is 0 Å². The number of phenols is 1. The summed E-state index contributed by atoms with van der Waals surface area (Å²) in [6, 6.07) is 4.12. The Kier molecular flexibility index (Phi) is 4.62. The number of rotatable bonds is 5. The number of aliphatic imine (C=N–C) groups is 1. The van der Waals surface area contributed by atoms with Crippen molar-refractivity contribution >= 4 is 18.2 Å². The lowest BCUT2D eigenvalue weighted by atomic mass is 10.2. The highest BCUT2D eigenvalue weighted by atomic mass is 16.5. The maximum Gasteiger partial charge on any atom is 0.335 e. The number of hydrogen-bond acceptors (Lipinski definition) is 5. The number of carboxylic acid groups (broad SMARTS) is 1. The number of carbonyl (C=O) groups excluding carboxylic acids is 1. The smallest absolute Gasteiger partial charge is 0.335 e. The second-order valence-corrected chi connectivity index (χ2v) is 3.21. The first-order valence-electron chi connectivity index (χ1n) is 4.92. The predicted molar refractivity (Wildman–Crippen MR) is 64.0 cm³/mol. The lowest BCUT2D eigenvalue weighted by Gasteiger charge is -2.03. The summed E-state index contributed by atoms with van der Waals surface area (Å²) in [5.74, 6) is -1.71. The van der Waals surface area contributed by atoms with E-state index in [0.717, 1.165) is 6.08 Å². The monoisotopic (exact) mass is 249 g/mol. The molecule has 0 saturated heterocycles. The number of aromatic hydroxyl groups is 1. The zero-order valence-corrected chi connectivity index (χ0v) is 9.37. The number of nitrogens with zero attached hydrogens (tertiary/aromatic N) is 1. The Balaban J connectivity index is 2.79. The SMILES string of the molecule is C=CC(=O)Oc1ccc(C=NCC(=O)O)c(O)c1. The molecule has 0 bridgehead atoms. The molecule has 0 saturated carbocycles. The third kappa shape index (κ3) is 4.09. The van der Waals surface area contributed by atoms with Crippen LogP contribution in [-0.4, -0.2) is 34.9 Å². The van der Waals surface area contributed by atoms with Crippen molar-refractivity contribution in [2.24, 2.45) is 4.99 Å². The summed E-state index contributed by atoms with van der Waals surface area (Å²) in [5.41, 5.74) is 0.328. The van der Waals surface area contributed by atoms with E-state index in [4.69, 9.17) is 9.84 Å². The third-order valence-electron chi connectivity index (χ3n) is 1.84. The molecule has 0 heterocycles. The summed E-state index contributed by atoms with van der Waals surface area (Å²) in [5, 5.41) is 18.0. The van der Waals surface area contributed by atoms with Gasteiger partial charge in [-0.2, -0.15) is 0 Å². The van der Waals surface area contributed by atoms with Crippen LogP contribution in [0.1, 0.15) is 5.56 Å². The molecule has 6 nitrogen and oxygen atoms in total. The van der Waals surface area contributed by atoms with Gasteiger partial charge in [-0.15, -0.1) is 0 Å². The van der Waals surface area contributed by atoms with Crippen LogP contribution < -0.4 is 4.74 Å². The number of aliphatic carboxylic acids is 1. The Hall–Kier alpha value is -2.63. The summed E-state index contributed by atoms with van der Waals surface area (Å²) in [6.45, 7) is 2.86. The van der Waals surface area contributed by atoms with Gasteiger partial charge in [0.1, 0.15) is 18.0 Å². The van der Waals surface area contributed by atoms with E-state index in [2.05, 4.69) is 11.6 Å². The Morgan fingerprint density at radius 2 is 2.17 bits per heavy atom. The number of ether oxygens (including phenoxy) is 1.